The van der Waals surface area contributed by atoms with Gasteiger partial charge in [0.15, 0.2) is 0 Å². The van der Waals surface area contributed by atoms with Crippen molar-refractivity contribution in [3.63, 3.8) is 0 Å². The van der Waals surface area contributed by atoms with Crippen LogP contribution in [0.15, 0.2) is 30.3 Å². The Balaban J connectivity index is 1.58. The first-order valence-corrected chi connectivity index (χ1v) is 10.6. The van der Waals surface area contributed by atoms with Crippen molar-refractivity contribution in [1.82, 2.24) is 9.80 Å². The molecule has 0 aromatic heterocycles. The second-order valence-electron chi connectivity index (χ2n) is 7.62. The molecule has 0 saturated carbocycles. The van der Waals surface area contributed by atoms with Gasteiger partial charge in [-0.3, -0.25) is 9.80 Å². The first-order chi connectivity index (χ1) is 12.2. The van der Waals surface area contributed by atoms with Crippen LogP contribution in [0.25, 0.3) is 0 Å². The van der Waals surface area contributed by atoms with Gasteiger partial charge in [-0.1, -0.05) is 30.3 Å². The normalized spacial score (nSPS) is 32.1. The van der Waals surface area contributed by atoms with Crippen LogP contribution in [0.3, 0.4) is 0 Å². The van der Waals surface area contributed by atoms with E-state index in [9.17, 15) is 4.79 Å². The van der Waals surface area contributed by atoms with Crippen molar-refractivity contribution >= 4 is 17.7 Å². The predicted molar refractivity (Wildman–Crippen MR) is 102 cm³/mol. The molecular weight excluding hydrogens is 332 g/mol. The zero-order chi connectivity index (χ0) is 17.3. The third-order valence-corrected chi connectivity index (χ3v) is 7.17. The maximum absolute atomic E-state index is 13.4. The van der Waals surface area contributed by atoms with Gasteiger partial charge in [0.05, 0.1) is 0 Å². The van der Waals surface area contributed by atoms with Crippen LogP contribution >= 0.6 is 11.8 Å². The lowest BCUT2D eigenvalue weighted by molar-refractivity contribution is -0.173. The minimum Gasteiger partial charge on any atom is -0.459 e. The highest BCUT2D eigenvalue weighted by molar-refractivity contribution is 7.99. The van der Waals surface area contributed by atoms with Crippen LogP contribution in [0.4, 0.5) is 0 Å². The van der Waals surface area contributed by atoms with Crippen LogP contribution in [0, 0.1) is 5.92 Å². The lowest BCUT2D eigenvalue weighted by Crippen LogP contribution is -2.57. The second-order valence-corrected chi connectivity index (χ2v) is 8.84. The quantitative estimate of drug-likeness (QED) is 0.771. The number of esters is 1. The van der Waals surface area contributed by atoms with Crippen molar-refractivity contribution in [2.45, 2.75) is 31.4 Å². The molecule has 1 aromatic carbocycles. The summed E-state index contributed by atoms with van der Waals surface area (Å²) in [5, 5.41) is 0. The fraction of sp³-hybridized carbons (Fsp3) is 0.650. The Kier molecular flexibility index (Phi) is 5.07. The molecule has 2 atom stereocenters. The number of nitrogens with zero attached hydrogens (tertiary/aromatic N) is 2. The van der Waals surface area contributed by atoms with E-state index in [0.29, 0.717) is 5.92 Å². The highest BCUT2D eigenvalue weighted by atomic mass is 32.2. The average molecular weight is 361 g/mol. The molecule has 5 heteroatoms. The monoisotopic (exact) mass is 360 g/mol. The number of rotatable bonds is 4. The highest BCUT2D eigenvalue weighted by Gasteiger charge is 2.46. The summed E-state index contributed by atoms with van der Waals surface area (Å²) in [4.78, 5) is 18.2. The fourth-order valence-corrected chi connectivity index (χ4v) is 5.40. The Morgan fingerprint density at radius 3 is 2.40 bits per heavy atom. The molecule has 4 aliphatic rings. The number of benzene rings is 1. The zero-order valence-corrected chi connectivity index (χ0v) is 15.8. The van der Waals surface area contributed by atoms with Crippen molar-refractivity contribution in [3.8, 4) is 0 Å². The van der Waals surface area contributed by atoms with Gasteiger partial charge < -0.3 is 4.74 Å². The van der Waals surface area contributed by atoms with E-state index >= 15 is 0 Å². The van der Waals surface area contributed by atoms with E-state index < -0.39 is 5.54 Å². The summed E-state index contributed by atoms with van der Waals surface area (Å²) in [6, 6.07) is 10.2. The first-order valence-electron chi connectivity index (χ1n) is 9.49. The Labute approximate surface area is 154 Å². The highest BCUT2D eigenvalue weighted by Crippen LogP contribution is 2.35. The van der Waals surface area contributed by atoms with Crippen molar-refractivity contribution in [2.24, 2.45) is 5.92 Å². The van der Waals surface area contributed by atoms with E-state index in [1.807, 2.05) is 30.0 Å². The summed E-state index contributed by atoms with van der Waals surface area (Å²) in [6.45, 7) is 7.17. The van der Waals surface area contributed by atoms with Gasteiger partial charge in [-0.05, 0) is 44.3 Å². The zero-order valence-electron chi connectivity index (χ0n) is 15.0. The van der Waals surface area contributed by atoms with Crippen LogP contribution in [-0.4, -0.2) is 66.1 Å². The summed E-state index contributed by atoms with van der Waals surface area (Å²) in [5.41, 5.74) is 0.363. The molecular formula is C20H28N2O2S. The summed E-state index contributed by atoms with van der Waals surface area (Å²) >= 11 is 1.97. The molecule has 4 nitrogen and oxygen atoms in total. The van der Waals surface area contributed by atoms with Gasteiger partial charge in [0.2, 0.25) is 0 Å². The molecule has 0 amide bonds. The minimum absolute atomic E-state index is 0.0654. The Bertz CT molecular complexity index is 597. The number of hydrogen-bond donors (Lipinski definition) is 0. The SMILES string of the molecule is CC(C(=O)OC1CN2CCC1CC2)(c1ccccc1)N1CCSCC1. The maximum atomic E-state index is 13.4. The van der Waals surface area contributed by atoms with E-state index in [0.717, 1.165) is 49.8 Å². The summed E-state index contributed by atoms with van der Waals surface area (Å²) in [6.07, 6.45) is 2.40. The number of carbonyl (C=O) groups is 1. The number of carbonyl (C=O) groups excluding carboxylic acids is 1. The largest absolute Gasteiger partial charge is 0.459 e. The van der Waals surface area contributed by atoms with E-state index in [-0.39, 0.29) is 12.1 Å². The van der Waals surface area contributed by atoms with Gasteiger partial charge in [0, 0.05) is 31.1 Å². The van der Waals surface area contributed by atoms with E-state index in [4.69, 9.17) is 4.74 Å². The van der Waals surface area contributed by atoms with Crippen LogP contribution < -0.4 is 0 Å². The predicted octanol–water partition coefficient (Wildman–Crippen LogP) is 2.59. The van der Waals surface area contributed by atoms with Gasteiger partial charge in [0.25, 0.3) is 0 Å². The average Bonchev–Trinajstić information content (AvgIpc) is 2.69. The first kappa shape index (κ1) is 17.4. The fourth-order valence-electron chi connectivity index (χ4n) is 4.50. The van der Waals surface area contributed by atoms with Gasteiger partial charge in [-0.25, -0.2) is 4.79 Å². The standard InChI is InChI=1S/C20H28N2O2S/c1-20(17-5-3-2-4-6-17,22-11-13-25-14-12-22)19(23)24-18-15-21-9-7-16(18)8-10-21/h2-6,16,18H,7-15H2,1H3. The molecule has 25 heavy (non-hydrogen) atoms. The van der Waals surface area contributed by atoms with Crippen LogP contribution in [-0.2, 0) is 15.1 Å². The molecule has 4 aliphatic heterocycles. The van der Waals surface area contributed by atoms with Crippen LogP contribution in [0.2, 0.25) is 0 Å². The van der Waals surface area contributed by atoms with E-state index in [1.54, 1.807) is 0 Å². The van der Waals surface area contributed by atoms with Crippen molar-refractivity contribution in [3.05, 3.63) is 35.9 Å². The molecule has 0 spiro atoms. The maximum Gasteiger partial charge on any atom is 0.331 e. The van der Waals surface area contributed by atoms with Crippen molar-refractivity contribution in [1.29, 1.82) is 0 Å². The second kappa shape index (κ2) is 7.29. The number of hydrogen-bond acceptors (Lipinski definition) is 5. The molecule has 2 unspecified atom stereocenters. The van der Waals surface area contributed by atoms with E-state index in [1.165, 1.54) is 12.8 Å². The van der Waals surface area contributed by atoms with Crippen molar-refractivity contribution in [2.75, 3.05) is 44.2 Å². The Hall–Kier alpha value is -1.04. The smallest absolute Gasteiger partial charge is 0.331 e. The lowest BCUT2D eigenvalue weighted by Gasteiger charge is -2.46. The number of thioether (sulfide) groups is 1. The van der Waals surface area contributed by atoms with Crippen LogP contribution in [0.5, 0.6) is 0 Å². The Morgan fingerprint density at radius 1 is 1.12 bits per heavy atom. The third-order valence-electron chi connectivity index (χ3n) is 6.23. The third kappa shape index (κ3) is 3.34. The number of fused-ring (bicyclic) bond motifs is 3. The van der Waals surface area contributed by atoms with E-state index in [2.05, 4.69) is 28.9 Å². The summed E-state index contributed by atoms with van der Waals surface area (Å²) < 4.78 is 6.17. The molecule has 2 bridgehead atoms. The molecule has 0 aliphatic carbocycles. The van der Waals surface area contributed by atoms with Crippen LogP contribution in [0.1, 0.15) is 25.3 Å². The molecule has 0 N–H and O–H groups in total. The number of ether oxygens (including phenoxy) is 1. The molecule has 5 rings (SSSR count). The topological polar surface area (TPSA) is 32.8 Å². The lowest BCUT2D eigenvalue weighted by atomic mass is 9.85. The molecule has 1 aromatic rings. The molecule has 4 heterocycles. The van der Waals surface area contributed by atoms with Gasteiger partial charge in [0.1, 0.15) is 11.6 Å². The molecule has 4 fully saturated rings. The van der Waals surface area contributed by atoms with Crippen molar-refractivity contribution < 1.29 is 9.53 Å². The Morgan fingerprint density at radius 2 is 1.80 bits per heavy atom. The van der Waals surface area contributed by atoms with Gasteiger partial charge in [-0.2, -0.15) is 11.8 Å². The summed E-state index contributed by atoms with van der Waals surface area (Å²) in [5.74, 6) is 2.64. The minimum atomic E-state index is -0.686. The molecule has 136 valence electrons. The molecule has 4 saturated heterocycles. The summed E-state index contributed by atoms with van der Waals surface area (Å²) in [7, 11) is 0. The molecule has 0 radical (unpaired) electrons. The van der Waals surface area contributed by atoms with Gasteiger partial charge in [-0.15, -0.1) is 0 Å². The number of piperidine rings is 3. The van der Waals surface area contributed by atoms with Gasteiger partial charge >= 0.3 is 5.97 Å².